The first kappa shape index (κ1) is 15.8. The number of aromatic amines is 2. The van der Waals surface area contributed by atoms with E-state index in [0.717, 1.165) is 27.6 Å². The van der Waals surface area contributed by atoms with Crippen molar-refractivity contribution < 1.29 is 4.63 Å². The highest BCUT2D eigenvalue weighted by molar-refractivity contribution is 6.14. The molecule has 0 bridgehead atoms. The maximum Gasteiger partial charge on any atom is 0.152 e. The first-order valence-electron chi connectivity index (χ1n) is 9.14. The van der Waals surface area contributed by atoms with Crippen LogP contribution in [-0.4, -0.2) is 31.2 Å². The van der Waals surface area contributed by atoms with E-state index in [1.54, 1.807) is 6.20 Å². The summed E-state index contributed by atoms with van der Waals surface area (Å²) in [6.07, 6.45) is 3.64. The Labute approximate surface area is 163 Å². The van der Waals surface area contributed by atoms with Gasteiger partial charge >= 0.3 is 0 Å². The van der Waals surface area contributed by atoms with Crippen molar-refractivity contribution in [1.29, 1.82) is 5.26 Å². The molecular formula is C21H13N7O. The quantitative estimate of drug-likeness (QED) is 0.483. The van der Waals surface area contributed by atoms with E-state index in [1.807, 2.05) is 48.7 Å². The lowest BCUT2D eigenvalue weighted by molar-refractivity contribution is 0.315. The van der Waals surface area contributed by atoms with Crippen molar-refractivity contribution >= 4 is 33.5 Å². The molecule has 8 nitrogen and oxygen atoms in total. The smallest absolute Gasteiger partial charge is 0.152 e. The summed E-state index contributed by atoms with van der Waals surface area (Å²) in [5.74, 6) is -0.178. The van der Waals surface area contributed by atoms with Crippen LogP contribution in [0.1, 0.15) is 22.6 Å². The number of aromatic nitrogens is 5. The molecule has 4 heterocycles. The third-order valence-corrected chi connectivity index (χ3v) is 5.50. The molecule has 2 aromatic carbocycles. The van der Waals surface area contributed by atoms with Gasteiger partial charge in [-0.15, -0.1) is 0 Å². The fraction of sp³-hybridized carbons (Fsp3) is 0.0952. The van der Waals surface area contributed by atoms with Gasteiger partial charge in [0.25, 0.3) is 0 Å². The number of para-hydroxylation sites is 1. The second-order valence-electron chi connectivity index (χ2n) is 6.98. The van der Waals surface area contributed by atoms with E-state index in [9.17, 15) is 5.26 Å². The van der Waals surface area contributed by atoms with Gasteiger partial charge in [0.05, 0.1) is 18.0 Å². The molecule has 0 spiro atoms. The number of nitrogens with one attached hydrogen (secondary N) is 2. The van der Waals surface area contributed by atoms with E-state index < -0.39 is 5.92 Å². The molecule has 2 unspecified atom stereocenters. The number of rotatable bonds is 2. The zero-order valence-corrected chi connectivity index (χ0v) is 15.0. The van der Waals surface area contributed by atoms with Crippen molar-refractivity contribution in [2.45, 2.75) is 5.92 Å². The van der Waals surface area contributed by atoms with E-state index in [0.29, 0.717) is 22.6 Å². The van der Waals surface area contributed by atoms with Crippen LogP contribution < -0.4 is 0 Å². The molecule has 0 radical (unpaired) electrons. The lowest BCUT2D eigenvalue weighted by atomic mass is 9.76. The van der Waals surface area contributed by atoms with Crippen molar-refractivity contribution in [3.05, 3.63) is 71.5 Å². The fourth-order valence-corrected chi connectivity index (χ4v) is 4.21. The average Bonchev–Trinajstić information content (AvgIpc) is 3.50. The number of fused-ring (bicyclic) bond motifs is 3. The Morgan fingerprint density at radius 3 is 2.90 bits per heavy atom. The summed E-state index contributed by atoms with van der Waals surface area (Å²) in [4.78, 5) is 8.06. The Kier molecular flexibility index (Phi) is 3.19. The van der Waals surface area contributed by atoms with Gasteiger partial charge < -0.3 is 4.98 Å². The summed E-state index contributed by atoms with van der Waals surface area (Å²) in [6.45, 7) is 0. The standard InChI is InChI=1S/C21H13N7O/c22-8-13-18(12-5-3-7-17-20(12)28-29-27-17)15-10-24-26-21(15)25-19(13)14-9-23-16-6-2-1-4-11(14)16/h1-7,9-10,13,18,23H,(H,24,26). The van der Waals surface area contributed by atoms with Gasteiger partial charge in [-0.1, -0.05) is 30.3 Å². The van der Waals surface area contributed by atoms with Gasteiger partial charge in [-0.25, -0.2) is 9.62 Å². The predicted octanol–water partition coefficient (Wildman–Crippen LogP) is 3.83. The molecule has 2 N–H and O–H groups in total. The number of nitrogens with zero attached hydrogens (tertiary/aromatic N) is 5. The molecule has 1 aliphatic rings. The first-order valence-corrected chi connectivity index (χ1v) is 9.14. The van der Waals surface area contributed by atoms with E-state index in [1.165, 1.54) is 0 Å². The third kappa shape index (κ3) is 2.18. The van der Waals surface area contributed by atoms with Gasteiger partial charge in [0.15, 0.2) is 5.82 Å². The van der Waals surface area contributed by atoms with Crippen LogP contribution in [0.4, 0.5) is 5.82 Å². The molecule has 8 heteroatoms. The zero-order chi connectivity index (χ0) is 19.4. The second-order valence-corrected chi connectivity index (χ2v) is 6.98. The molecule has 29 heavy (non-hydrogen) atoms. The topological polar surface area (TPSA) is 120 Å². The Morgan fingerprint density at radius 1 is 1.03 bits per heavy atom. The molecule has 2 atom stereocenters. The molecule has 0 saturated heterocycles. The Morgan fingerprint density at radius 2 is 1.97 bits per heavy atom. The molecule has 0 saturated carbocycles. The van der Waals surface area contributed by atoms with Gasteiger partial charge in [-0.3, -0.25) is 5.10 Å². The number of aliphatic imine (C=N–C) groups is 1. The van der Waals surface area contributed by atoms with Crippen LogP contribution in [0.15, 0.2) is 64.5 Å². The highest BCUT2D eigenvalue weighted by Crippen LogP contribution is 2.44. The zero-order valence-electron chi connectivity index (χ0n) is 15.0. The molecule has 0 amide bonds. The number of H-pyrrole nitrogens is 2. The van der Waals surface area contributed by atoms with Crippen LogP contribution in [0.2, 0.25) is 0 Å². The van der Waals surface area contributed by atoms with Crippen LogP contribution in [0.3, 0.4) is 0 Å². The van der Waals surface area contributed by atoms with E-state index in [-0.39, 0.29) is 5.92 Å². The van der Waals surface area contributed by atoms with E-state index >= 15 is 0 Å². The molecule has 138 valence electrons. The number of nitriles is 1. The molecule has 3 aromatic heterocycles. The van der Waals surface area contributed by atoms with Crippen LogP contribution in [0, 0.1) is 17.2 Å². The highest BCUT2D eigenvalue weighted by atomic mass is 16.6. The lowest BCUT2D eigenvalue weighted by Crippen LogP contribution is -2.26. The largest absolute Gasteiger partial charge is 0.360 e. The van der Waals surface area contributed by atoms with Crippen molar-refractivity contribution in [3.63, 3.8) is 0 Å². The minimum atomic E-state index is -0.526. The summed E-state index contributed by atoms with van der Waals surface area (Å²) < 4.78 is 4.95. The highest BCUT2D eigenvalue weighted by Gasteiger charge is 2.38. The van der Waals surface area contributed by atoms with E-state index in [4.69, 9.17) is 9.62 Å². The van der Waals surface area contributed by atoms with Gasteiger partial charge in [0.1, 0.15) is 17.0 Å². The van der Waals surface area contributed by atoms with Crippen molar-refractivity contribution in [1.82, 2.24) is 25.5 Å². The van der Waals surface area contributed by atoms with Crippen LogP contribution in [0.25, 0.3) is 21.9 Å². The maximum absolute atomic E-state index is 10.2. The molecule has 6 rings (SSSR count). The predicted molar refractivity (Wildman–Crippen MR) is 106 cm³/mol. The minimum absolute atomic E-state index is 0.300. The van der Waals surface area contributed by atoms with Gasteiger partial charge in [-0.05, 0) is 28.0 Å². The van der Waals surface area contributed by atoms with Gasteiger partial charge in [0.2, 0.25) is 0 Å². The second kappa shape index (κ2) is 5.87. The SMILES string of the molecule is N#CC1C(c2c[nH]c3ccccc23)=Nc2[nH]ncc2C1c1cccc2nonc12. The van der Waals surface area contributed by atoms with Crippen LogP contribution in [0.5, 0.6) is 0 Å². The van der Waals surface area contributed by atoms with E-state index in [2.05, 4.69) is 31.6 Å². The summed E-state index contributed by atoms with van der Waals surface area (Å²) in [6, 6.07) is 16.1. The number of benzene rings is 2. The Balaban J connectivity index is 1.62. The van der Waals surface area contributed by atoms with Gasteiger partial charge in [0, 0.05) is 34.1 Å². The summed E-state index contributed by atoms with van der Waals surface area (Å²) in [5, 5.41) is 26.4. The van der Waals surface area contributed by atoms with Crippen molar-refractivity contribution in [2.24, 2.45) is 10.9 Å². The molecule has 1 aliphatic heterocycles. The summed E-state index contributed by atoms with van der Waals surface area (Å²) >= 11 is 0. The first-order chi connectivity index (χ1) is 14.3. The Hall–Kier alpha value is -4.25. The summed E-state index contributed by atoms with van der Waals surface area (Å²) in [7, 11) is 0. The average molecular weight is 379 g/mol. The van der Waals surface area contributed by atoms with Crippen LogP contribution >= 0.6 is 0 Å². The minimum Gasteiger partial charge on any atom is -0.360 e. The van der Waals surface area contributed by atoms with Crippen molar-refractivity contribution in [2.75, 3.05) is 0 Å². The molecule has 5 aromatic rings. The summed E-state index contributed by atoms with van der Waals surface area (Å²) in [5.41, 5.74) is 5.62. The fourth-order valence-electron chi connectivity index (χ4n) is 4.21. The molecular weight excluding hydrogens is 366 g/mol. The molecule has 0 fully saturated rings. The molecule has 0 aliphatic carbocycles. The third-order valence-electron chi connectivity index (χ3n) is 5.50. The Bertz CT molecular complexity index is 1450. The lowest BCUT2D eigenvalue weighted by Gasteiger charge is -2.27. The maximum atomic E-state index is 10.2. The number of hydrogen-bond acceptors (Lipinski definition) is 6. The normalized spacial score (nSPS) is 18.5. The van der Waals surface area contributed by atoms with Crippen LogP contribution in [-0.2, 0) is 0 Å². The number of hydrogen-bond donors (Lipinski definition) is 2. The van der Waals surface area contributed by atoms with Crippen molar-refractivity contribution in [3.8, 4) is 6.07 Å². The monoisotopic (exact) mass is 379 g/mol. The van der Waals surface area contributed by atoms with Gasteiger partial charge in [-0.2, -0.15) is 10.4 Å².